The summed E-state index contributed by atoms with van der Waals surface area (Å²) in [4.78, 5) is 9.08. The van der Waals surface area contributed by atoms with Crippen molar-refractivity contribution in [2.45, 2.75) is 13.0 Å². The Balaban J connectivity index is 1.30. The molecule has 1 aromatic carbocycles. The number of benzene rings is 1. The standard InChI is InChI=1S/C19H15N11O/c20-19-23-17-13(18-22-16(26-30(18)19)14-2-1-9-31-14)10-21-29(17)8-7-11-3-5-12(6-4-11)15-24-27-28-25-15/h1-6,9-10H,7-8H2,(H2,20,23)(H,24,25,27,28). The number of hydrogen-bond acceptors (Lipinski definition) is 9. The van der Waals surface area contributed by atoms with Crippen molar-refractivity contribution in [3.05, 3.63) is 54.4 Å². The normalized spacial score (nSPS) is 11.6. The minimum Gasteiger partial charge on any atom is -0.461 e. The molecule has 6 aromatic rings. The van der Waals surface area contributed by atoms with Gasteiger partial charge in [0.05, 0.1) is 17.8 Å². The zero-order valence-electron chi connectivity index (χ0n) is 16.0. The van der Waals surface area contributed by atoms with Gasteiger partial charge in [0.1, 0.15) is 0 Å². The van der Waals surface area contributed by atoms with E-state index in [-0.39, 0.29) is 5.95 Å². The topological polar surface area (TPSA) is 155 Å². The molecule has 3 N–H and O–H groups in total. The molecule has 0 saturated heterocycles. The number of fused-ring (bicyclic) bond motifs is 3. The van der Waals surface area contributed by atoms with E-state index in [0.29, 0.717) is 35.2 Å². The number of nitrogens with one attached hydrogen (secondary N) is 1. The molecule has 0 bridgehead atoms. The molecule has 0 amide bonds. The van der Waals surface area contributed by atoms with Gasteiger partial charge >= 0.3 is 0 Å². The number of nitrogen functional groups attached to an aromatic ring is 1. The van der Waals surface area contributed by atoms with E-state index in [2.05, 4.69) is 40.8 Å². The highest BCUT2D eigenvalue weighted by Gasteiger charge is 2.17. The Kier molecular flexibility index (Phi) is 3.75. The Morgan fingerprint density at radius 3 is 2.74 bits per heavy atom. The van der Waals surface area contributed by atoms with Crippen molar-refractivity contribution in [3.8, 4) is 23.0 Å². The molecule has 5 aromatic heterocycles. The molecule has 6 rings (SSSR count). The van der Waals surface area contributed by atoms with Gasteiger partial charge in [-0.05, 0) is 34.5 Å². The highest BCUT2D eigenvalue weighted by molar-refractivity contribution is 5.90. The maximum Gasteiger partial charge on any atom is 0.225 e. The number of H-pyrrole nitrogens is 1. The fraction of sp³-hybridized carbons (Fsp3) is 0.105. The number of aromatic amines is 1. The SMILES string of the molecule is Nc1nc2c(cnn2CCc2ccc(-c3nnn[nH]3)cc2)c2nc(-c3ccco3)nn12. The number of tetrazole rings is 1. The smallest absolute Gasteiger partial charge is 0.225 e. The number of rotatable bonds is 5. The average Bonchev–Trinajstić information content (AvgIpc) is 3.59. The molecular formula is C19H15N11O. The molecule has 12 heteroatoms. The lowest BCUT2D eigenvalue weighted by atomic mass is 10.1. The van der Waals surface area contributed by atoms with Gasteiger partial charge in [-0.25, -0.2) is 14.8 Å². The number of hydrogen-bond donors (Lipinski definition) is 2. The van der Waals surface area contributed by atoms with Gasteiger partial charge in [0.25, 0.3) is 0 Å². The molecule has 0 spiro atoms. The van der Waals surface area contributed by atoms with Gasteiger partial charge in [0.2, 0.25) is 11.8 Å². The zero-order chi connectivity index (χ0) is 20.8. The summed E-state index contributed by atoms with van der Waals surface area (Å²) >= 11 is 0. The first-order valence-corrected chi connectivity index (χ1v) is 9.51. The van der Waals surface area contributed by atoms with Gasteiger partial charge < -0.3 is 10.2 Å². The quantitative estimate of drug-likeness (QED) is 0.430. The Morgan fingerprint density at radius 1 is 1.06 bits per heavy atom. The van der Waals surface area contributed by atoms with Gasteiger partial charge in [-0.15, -0.1) is 10.2 Å². The maximum absolute atomic E-state index is 6.15. The van der Waals surface area contributed by atoms with Crippen LogP contribution in [0.25, 0.3) is 39.7 Å². The zero-order valence-corrected chi connectivity index (χ0v) is 16.0. The summed E-state index contributed by atoms with van der Waals surface area (Å²) in [5.74, 6) is 1.88. The molecule has 0 aliphatic carbocycles. The van der Waals surface area contributed by atoms with Crippen LogP contribution in [-0.4, -0.2) is 50.0 Å². The summed E-state index contributed by atoms with van der Waals surface area (Å²) in [7, 11) is 0. The van der Waals surface area contributed by atoms with Crippen LogP contribution in [0, 0.1) is 0 Å². The van der Waals surface area contributed by atoms with Crippen LogP contribution in [0.15, 0.2) is 53.3 Å². The molecule has 152 valence electrons. The summed E-state index contributed by atoms with van der Waals surface area (Å²) in [6.07, 6.45) is 4.08. The van der Waals surface area contributed by atoms with E-state index in [1.54, 1.807) is 24.6 Å². The minimum atomic E-state index is 0.236. The van der Waals surface area contributed by atoms with Crippen LogP contribution in [0.1, 0.15) is 5.56 Å². The van der Waals surface area contributed by atoms with Crippen molar-refractivity contribution in [1.82, 2.24) is 50.0 Å². The van der Waals surface area contributed by atoms with Crippen LogP contribution >= 0.6 is 0 Å². The van der Waals surface area contributed by atoms with Crippen LogP contribution in [-0.2, 0) is 13.0 Å². The van der Waals surface area contributed by atoms with E-state index in [9.17, 15) is 0 Å². The van der Waals surface area contributed by atoms with Gasteiger partial charge in [0.15, 0.2) is 22.9 Å². The van der Waals surface area contributed by atoms with Gasteiger partial charge in [-0.3, -0.25) is 0 Å². The van der Waals surface area contributed by atoms with E-state index >= 15 is 0 Å². The van der Waals surface area contributed by atoms with Crippen molar-refractivity contribution in [2.24, 2.45) is 0 Å². The first-order valence-electron chi connectivity index (χ1n) is 9.51. The predicted octanol–water partition coefficient (Wildman–Crippen LogP) is 1.74. The van der Waals surface area contributed by atoms with Crippen LogP contribution in [0.5, 0.6) is 0 Å². The number of nitrogens with two attached hydrogens (primary N) is 1. The van der Waals surface area contributed by atoms with Crippen molar-refractivity contribution in [2.75, 3.05) is 5.73 Å². The number of anilines is 1. The Morgan fingerprint density at radius 2 is 1.97 bits per heavy atom. The maximum atomic E-state index is 6.15. The summed E-state index contributed by atoms with van der Waals surface area (Å²) in [5, 5.41) is 23.5. The molecule has 0 atom stereocenters. The third-order valence-electron chi connectivity index (χ3n) is 5.02. The Hall–Kier alpha value is -4.61. The number of nitrogens with zero attached hydrogens (tertiary/aromatic N) is 9. The second kappa shape index (κ2) is 6.73. The summed E-state index contributed by atoms with van der Waals surface area (Å²) < 4.78 is 8.72. The second-order valence-electron chi connectivity index (χ2n) is 6.92. The molecular weight excluding hydrogens is 398 g/mol. The van der Waals surface area contributed by atoms with Crippen molar-refractivity contribution in [3.63, 3.8) is 0 Å². The molecule has 0 aliphatic rings. The molecule has 0 unspecified atom stereocenters. The minimum absolute atomic E-state index is 0.236. The van der Waals surface area contributed by atoms with Gasteiger partial charge in [-0.2, -0.15) is 14.6 Å². The number of aryl methyl sites for hydroxylation is 2. The van der Waals surface area contributed by atoms with E-state index < -0.39 is 0 Å². The molecule has 0 saturated carbocycles. The van der Waals surface area contributed by atoms with E-state index in [1.807, 2.05) is 28.9 Å². The van der Waals surface area contributed by atoms with Crippen molar-refractivity contribution in [1.29, 1.82) is 0 Å². The van der Waals surface area contributed by atoms with E-state index in [1.165, 1.54) is 4.52 Å². The molecule has 31 heavy (non-hydrogen) atoms. The Labute approximate surface area is 173 Å². The van der Waals surface area contributed by atoms with Crippen molar-refractivity contribution < 1.29 is 4.42 Å². The third-order valence-corrected chi connectivity index (χ3v) is 5.02. The van der Waals surface area contributed by atoms with E-state index in [0.717, 1.165) is 22.9 Å². The molecule has 0 radical (unpaired) electrons. The fourth-order valence-electron chi connectivity index (χ4n) is 3.48. The van der Waals surface area contributed by atoms with Gasteiger partial charge in [0, 0.05) is 12.1 Å². The summed E-state index contributed by atoms with van der Waals surface area (Å²) in [5.41, 5.74) is 9.47. The third kappa shape index (κ3) is 2.88. The Bertz CT molecular complexity index is 1480. The number of aromatic nitrogens is 10. The monoisotopic (exact) mass is 413 g/mol. The van der Waals surface area contributed by atoms with Crippen LogP contribution in [0.4, 0.5) is 5.95 Å². The van der Waals surface area contributed by atoms with Crippen LogP contribution in [0.3, 0.4) is 0 Å². The lowest BCUT2D eigenvalue weighted by Gasteiger charge is -2.05. The van der Waals surface area contributed by atoms with Crippen molar-refractivity contribution >= 4 is 22.6 Å². The lowest BCUT2D eigenvalue weighted by Crippen LogP contribution is -2.07. The molecule has 5 heterocycles. The van der Waals surface area contributed by atoms with Gasteiger partial charge in [-0.1, -0.05) is 24.3 Å². The molecule has 12 nitrogen and oxygen atoms in total. The first kappa shape index (κ1) is 17.3. The van der Waals surface area contributed by atoms with Crippen LogP contribution in [0.2, 0.25) is 0 Å². The van der Waals surface area contributed by atoms with Crippen LogP contribution < -0.4 is 5.73 Å². The lowest BCUT2D eigenvalue weighted by molar-refractivity contribution is 0.577. The highest BCUT2D eigenvalue weighted by atomic mass is 16.3. The molecule has 0 fully saturated rings. The van der Waals surface area contributed by atoms with E-state index in [4.69, 9.17) is 10.2 Å². The highest BCUT2D eigenvalue weighted by Crippen LogP contribution is 2.23. The largest absolute Gasteiger partial charge is 0.461 e. The summed E-state index contributed by atoms with van der Waals surface area (Å²) in [6, 6.07) is 11.6. The molecule has 0 aliphatic heterocycles. The predicted molar refractivity (Wildman–Crippen MR) is 110 cm³/mol. The second-order valence-corrected chi connectivity index (χ2v) is 6.92. The summed E-state index contributed by atoms with van der Waals surface area (Å²) in [6.45, 7) is 0.633. The first-order chi connectivity index (χ1) is 15.3. The average molecular weight is 413 g/mol. The number of furan rings is 1. The fourth-order valence-corrected chi connectivity index (χ4v) is 3.48.